The van der Waals surface area contributed by atoms with E-state index in [2.05, 4.69) is 46.5 Å². The molecule has 1 atom stereocenters. The van der Waals surface area contributed by atoms with Gasteiger partial charge in [-0.05, 0) is 36.6 Å². The van der Waals surface area contributed by atoms with Gasteiger partial charge in [-0.3, -0.25) is 4.79 Å². The van der Waals surface area contributed by atoms with Gasteiger partial charge in [0.15, 0.2) is 0 Å². The summed E-state index contributed by atoms with van der Waals surface area (Å²) in [4.78, 5) is 21.4. The summed E-state index contributed by atoms with van der Waals surface area (Å²) in [6, 6.07) is 22.4. The average molecular weight is 543 g/mol. The lowest BCUT2D eigenvalue weighted by Crippen LogP contribution is -2.29. The van der Waals surface area contributed by atoms with Crippen molar-refractivity contribution in [2.75, 3.05) is 27.2 Å². The number of para-hydroxylation sites is 1. The maximum absolute atomic E-state index is 11.7. The maximum Gasteiger partial charge on any atom is 0.245 e. The molecule has 2 aromatic carbocycles. The Morgan fingerprint density at radius 3 is 2.49 bits per heavy atom. The van der Waals surface area contributed by atoms with Crippen LogP contribution in [-0.4, -0.2) is 54.1 Å². The van der Waals surface area contributed by atoms with Crippen LogP contribution in [0, 0.1) is 0 Å². The lowest BCUT2D eigenvalue weighted by Gasteiger charge is -2.16. The second kappa shape index (κ2) is 13.3. The first-order valence-corrected chi connectivity index (χ1v) is 13.5. The minimum absolute atomic E-state index is 0.0372. The summed E-state index contributed by atoms with van der Waals surface area (Å²) >= 11 is 6.94. The fourth-order valence-corrected chi connectivity index (χ4v) is 4.72. The van der Waals surface area contributed by atoms with Crippen LogP contribution >= 0.6 is 11.6 Å². The third-order valence-corrected chi connectivity index (χ3v) is 6.87. The molecule has 0 aliphatic rings. The molecule has 0 aliphatic carbocycles. The fourth-order valence-electron chi connectivity index (χ4n) is 4.41. The third kappa shape index (κ3) is 6.96. The number of ether oxygens (including phenoxy) is 1. The van der Waals surface area contributed by atoms with E-state index in [1.807, 2.05) is 61.7 Å². The van der Waals surface area contributed by atoms with Gasteiger partial charge in [0.1, 0.15) is 6.61 Å². The van der Waals surface area contributed by atoms with Gasteiger partial charge >= 0.3 is 0 Å². The van der Waals surface area contributed by atoms with Crippen LogP contribution in [0.1, 0.15) is 37.1 Å². The number of fused-ring (bicyclic) bond motifs is 1. The van der Waals surface area contributed by atoms with Crippen molar-refractivity contribution in [3.05, 3.63) is 107 Å². The van der Waals surface area contributed by atoms with Crippen molar-refractivity contribution in [1.29, 1.82) is 0 Å². The molecule has 1 amide bonds. The van der Waals surface area contributed by atoms with E-state index in [1.54, 1.807) is 20.2 Å². The zero-order valence-corrected chi connectivity index (χ0v) is 23.6. The molecule has 2 aromatic heterocycles. The number of H-pyrrole nitrogens is 1. The van der Waals surface area contributed by atoms with E-state index in [1.165, 1.54) is 10.5 Å². The van der Waals surface area contributed by atoms with Crippen molar-refractivity contribution >= 4 is 39.6 Å². The van der Waals surface area contributed by atoms with E-state index in [-0.39, 0.29) is 11.9 Å². The number of pyridine rings is 1. The van der Waals surface area contributed by atoms with Crippen molar-refractivity contribution in [3.8, 4) is 5.88 Å². The van der Waals surface area contributed by atoms with Gasteiger partial charge in [-0.15, -0.1) is 0 Å². The van der Waals surface area contributed by atoms with Gasteiger partial charge in [-0.25, -0.2) is 4.98 Å². The number of halogens is 1. The smallest absolute Gasteiger partial charge is 0.245 e. The molecule has 0 radical (unpaired) electrons. The van der Waals surface area contributed by atoms with Crippen LogP contribution in [0.25, 0.3) is 22.0 Å². The van der Waals surface area contributed by atoms with Crippen molar-refractivity contribution in [2.45, 2.75) is 26.3 Å². The number of amides is 1. The van der Waals surface area contributed by atoms with Crippen molar-refractivity contribution < 1.29 is 9.53 Å². The molecule has 0 saturated carbocycles. The Kier molecular flexibility index (Phi) is 9.58. The number of rotatable bonds is 11. The van der Waals surface area contributed by atoms with Crippen LogP contribution in [0.2, 0.25) is 5.02 Å². The molecule has 0 spiro atoms. The number of carbonyl (C=O) groups excluding carboxylic acids is 1. The van der Waals surface area contributed by atoms with Crippen LogP contribution in [0.4, 0.5) is 0 Å². The maximum atomic E-state index is 11.7. The first-order valence-electron chi connectivity index (χ1n) is 13.2. The Hall–Kier alpha value is -3.87. The summed E-state index contributed by atoms with van der Waals surface area (Å²) < 4.78 is 5.88. The first kappa shape index (κ1) is 28.1. The number of aromatic nitrogens is 2. The van der Waals surface area contributed by atoms with E-state index >= 15 is 0 Å². The van der Waals surface area contributed by atoms with Gasteiger partial charge in [0.2, 0.25) is 11.8 Å². The number of hydrogen-bond acceptors (Lipinski definition) is 4. The number of allylic oxidation sites excluding steroid dienone is 1. The zero-order valence-electron chi connectivity index (χ0n) is 22.9. The first-order chi connectivity index (χ1) is 18.9. The molecule has 1 unspecified atom stereocenters. The summed E-state index contributed by atoms with van der Waals surface area (Å²) in [6.07, 6.45) is 6.08. The van der Waals surface area contributed by atoms with Crippen LogP contribution in [0.15, 0.2) is 85.1 Å². The standard InChI is InChI=1S/C32H35ClN4O2/c1-5-25(23-11-7-6-8-12-23)30(32-31(33)26-13-9-10-14-27(26)36-32)24-16-17-28(35-21-24)39-20-19-34-22(2)15-18-29(38)37(3)4/h6-18,21-22,34,36H,5,19-20H2,1-4H3/b18-15+,30-25+. The van der Waals surface area contributed by atoms with Crippen molar-refractivity contribution in [1.82, 2.24) is 20.2 Å². The Morgan fingerprint density at radius 2 is 1.82 bits per heavy atom. The highest BCUT2D eigenvalue weighted by molar-refractivity contribution is 6.38. The normalized spacial score (nSPS) is 12.9. The molecule has 4 aromatic rings. The predicted octanol–water partition coefficient (Wildman–Crippen LogP) is 6.59. The Bertz CT molecular complexity index is 1460. The quantitative estimate of drug-likeness (QED) is 0.166. The molecule has 7 heteroatoms. The summed E-state index contributed by atoms with van der Waals surface area (Å²) in [5, 5.41) is 5.01. The number of nitrogens with one attached hydrogen (secondary N) is 2. The average Bonchev–Trinajstić information content (AvgIpc) is 3.29. The van der Waals surface area contributed by atoms with E-state index in [9.17, 15) is 4.79 Å². The van der Waals surface area contributed by atoms with E-state index < -0.39 is 0 Å². The second-order valence-electron chi connectivity index (χ2n) is 9.50. The number of carbonyl (C=O) groups is 1. The molecule has 2 N–H and O–H groups in total. The molecule has 0 saturated heterocycles. The van der Waals surface area contributed by atoms with Gasteiger partial charge in [0.05, 0.1) is 10.7 Å². The van der Waals surface area contributed by atoms with Gasteiger partial charge < -0.3 is 19.9 Å². The zero-order chi connectivity index (χ0) is 27.8. The number of hydrogen-bond donors (Lipinski definition) is 2. The predicted molar refractivity (Wildman–Crippen MR) is 161 cm³/mol. The van der Waals surface area contributed by atoms with Crippen molar-refractivity contribution in [2.24, 2.45) is 0 Å². The molecule has 0 fully saturated rings. The minimum atomic E-state index is -0.0372. The van der Waals surface area contributed by atoms with E-state index in [4.69, 9.17) is 16.3 Å². The summed E-state index contributed by atoms with van der Waals surface area (Å²) in [5.41, 5.74) is 6.18. The highest BCUT2D eigenvalue weighted by atomic mass is 35.5. The third-order valence-electron chi connectivity index (χ3n) is 6.48. The monoisotopic (exact) mass is 542 g/mol. The highest BCUT2D eigenvalue weighted by Gasteiger charge is 2.20. The lowest BCUT2D eigenvalue weighted by atomic mass is 9.91. The van der Waals surface area contributed by atoms with Crippen LogP contribution in [0.5, 0.6) is 5.88 Å². The summed E-state index contributed by atoms with van der Waals surface area (Å²) in [5.74, 6) is 0.510. The molecule has 6 nitrogen and oxygen atoms in total. The Labute approximate surface area is 235 Å². The molecular formula is C32H35ClN4O2. The Morgan fingerprint density at radius 1 is 1.08 bits per heavy atom. The van der Waals surface area contributed by atoms with E-state index in [0.717, 1.165) is 39.7 Å². The molecular weight excluding hydrogens is 508 g/mol. The van der Waals surface area contributed by atoms with Crippen LogP contribution in [0.3, 0.4) is 0 Å². The highest BCUT2D eigenvalue weighted by Crippen LogP contribution is 2.40. The summed E-state index contributed by atoms with van der Waals surface area (Å²) in [7, 11) is 3.46. The molecule has 0 aliphatic heterocycles. The largest absolute Gasteiger partial charge is 0.476 e. The van der Waals surface area contributed by atoms with Gasteiger partial charge in [-0.2, -0.15) is 0 Å². The molecule has 39 heavy (non-hydrogen) atoms. The molecule has 4 rings (SSSR count). The van der Waals surface area contributed by atoms with Gasteiger partial charge in [0.25, 0.3) is 0 Å². The molecule has 2 heterocycles. The van der Waals surface area contributed by atoms with Gasteiger partial charge in [0, 0.05) is 67.1 Å². The fraction of sp³-hybridized carbons (Fsp3) is 0.250. The Balaban J connectivity index is 1.55. The number of benzene rings is 2. The van der Waals surface area contributed by atoms with E-state index in [0.29, 0.717) is 24.1 Å². The number of likely N-dealkylation sites (N-methyl/N-ethyl adjacent to an activating group) is 1. The number of aromatic amines is 1. The van der Waals surface area contributed by atoms with Gasteiger partial charge in [-0.1, -0.05) is 73.1 Å². The minimum Gasteiger partial charge on any atom is -0.476 e. The molecule has 202 valence electrons. The lowest BCUT2D eigenvalue weighted by molar-refractivity contribution is -0.123. The number of nitrogens with zero attached hydrogens (tertiary/aromatic N) is 2. The SMILES string of the molecule is CC/C(=C(/c1ccc(OCCNC(C)/C=C/C(=O)N(C)C)nc1)c1[nH]c2ccccc2c1Cl)c1ccccc1. The second-order valence-corrected chi connectivity index (χ2v) is 9.88. The topological polar surface area (TPSA) is 70.2 Å². The molecule has 0 bridgehead atoms. The summed E-state index contributed by atoms with van der Waals surface area (Å²) in [6.45, 7) is 5.22. The van der Waals surface area contributed by atoms with Crippen LogP contribution < -0.4 is 10.1 Å². The van der Waals surface area contributed by atoms with Crippen LogP contribution in [-0.2, 0) is 4.79 Å². The van der Waals surface area contributed by atoms with Crippen molar-refractivity contribution in [3.63, 3.8) is 0 Å².